The molecule has 0 saturated carbocycles. The van der Waals surface area contributed by atoms with Crippen LogP contribution in [0.4, 0.5) is 5.69 Å². The first-order valence-corrected chi connectivity index (χ1v) is 9.06. The van der Waals surface area contributed by atoms with Gasteiger partial charge in [-0.05, 0) is 41.5 Å². The van der Waals surface area contributed by atoms with Crippen LogP contribution in [0.3, 0.4) is 0 Å². The highest BCUT2D eigenvalue weighted by atomic mass is 16.5. The molecule has 4 rings (SSSR count). The quantitative estimate of drug-likeness (QED) is 0.736. The number of fused-ring (bicyclic) bond motifs is 1. The molecule has 3 aromatic carbocycles. The first kappa shape index (κ1) is 17.8. The van der Waals surface area contributed by atoms with Crippen LogP contribution < -0.4 is 10.1 Å². The second-order valence-electron chi connectivity index (χ2n) is 6.62. The van der Waals surface area contributed by atoms with E-state index in [0.717, 1.165) is 11.1 Å². The molecule has 0 unspecified atom stereocenters. The number of methoxy groups -OCH3 is 1. The number of ether oxygens (including phenoxy) is 1. The van der Waals surface area contributed by atoms with Gasteiger partial charge in [0.2, 0.25) is 0 Å². The highest BCUT2D eigenvalue weighted by Crippen LogP contribution is 2.32. The minimum absolute atomic E-state index is 0.130. The standard InChI is InChI=1S/C23H20N2O3/c1-28-19-13-11-18(12-14-19)24-22(26)21(16-7-3-2-4-8-16)25-15-17-9-5-6-10-20(17)23(25)27/h2-14,21H,15H2,1H3,(H,24,26)/t21-/m0/s1. The second kappa shape index (κ2) is 7.56. The fourth-order valence-electron chi connectivity index (χ4n) is 3.48. The van der Waals surface area contributed by atoms with Crippen molar-refractivity contribution in [2.75, 3.05) is 12.4 Å². The lowest BCUT2D eigenvalue weighted by Crippen LogP contribution is -2.37. The van der Waals surface area contributed by atoms with Crippen molar-refractivity contribution in [1.29, 1.82) is 0 Å². The molecule has 1 atom stereocenters. The zero-order valence-corrected chi connectivity index (χ0v) is 15.5. The van der Waals surface area contributed by atoms with Crippen molar-refractivity contribution in [3.63, 3.8) is 0 Å². The Kier molecular flexibility index (Phi) is 4.81. The second-order valence-corrected chi connectivity index (χ2v) is 6.62. The van der Waals surface area contributed by atoms with Gasteiger partial charge >= 0.3 is 0 Å². The van der Waals surface area contributed by atoms with Crippen molar-refractivity contribution in [3.05, 3.63) is 95.6 Å². The van der Waals surface area contributed by atoms with Crippen molar-refractivity contribution in [2.45, 2.75) is 12.6 Å². The van der Waals surface area contributed by atoms with E-state index in [-0.39, 0.29) is 11.8 Å². The highest BCUT2D eigenvalue weighted by Gasteiger charge is 2.37. The van der Waals surface area contributed by atoms with Gasteiger partial charge in [-0.1, -0.05) is 48.5 Å². The van der Waals surface area contributed by atoms with Crippen molar-refractivity contribution in [1.82, 2.24) is 4.90 Å². The maximum Gasteiger partial charge on any atom is 0.255 e. The highest BCUT2D eigenvalue weighted by molar-refractivity contribution is 6.03. The van der Waals surface area contributed by atoms with Gasteiger partial charge in [0, 0.05) is 17.8 Å². The lowest BCUT2D eigenvalue weighted by atomic mass is 10.0. The van der Waals surface area contributed by atoms with Crippen LogP contribution in [0.1, 0.15) is 27.5 Å². The Morgan fingerprint density at radius 2 is 1.64 bits per heavy atom. The Hall–Kier alpha value is -3.60. The maximum absolute atomic E-state index is 13.2. The molecule has 0 bridgehead atoms. The zero-order chi connectivity index (χ0) is 19.5. The third-order valence-electron chi connectivity index (χ3n) is 4.88. The van der Waals surface area contributed by atoms with Gasteiger partial charge in [0.25, 0.3) is 11.8 Å². The third kappa shape index (κ3) is 3.34. The summed E-state index contributed by atoms with van der Waals surface area (Å²) in [5.74, 6) is 0.328. The molecule has 0 fully saturated rings. The molecule has 0 radical (unpaired) electrons. The summed E-state index contributed by atoms with van der Waals surface area (Å²) in [5.41, 5.74) is 3.01. The number of amides is 2. The molecule has 1 heterocycles. The molecular weight excluding hydrogens is 352 g/mol. The van der Waals surface area contributed by atoms with Crippen LogP contribution in [-0.4, -0.2) is 23.8 Å². The van der Waals surface area contributed by atoms with Crippen molar-refractivity contribution >= 4 is 17.5 Å². The van der Waals surface area contributed by atoms with E-state index in [1.807, 2.05) is 48.5 Å². The molecule has 1 aliphatic heterocycles. The monoisotopic (exact) mass is 372 g/mol. The van der Waals surface area contributed by atoms with E-state index < -0.39 is 6.04 Å². The first-order chi connectivity index (χ1) is 13.7. The van der Waals surface area contributed by atoms with Crippen LogP contribution in [0, 0.1) is 0 Å². The van der Waals surface area contributed by atoms with Crippen LogP contribution in [0.2, 0.25) is 0 Å². The average Bonchev–Trinajstić information content (AvgIpc) is 3.06. The Labute approximate surface area is 163 Å². The normalized spacial score (nSPS) is 13.8. The summed E-state index contributed by atoms with van der Waals surface area (Å²) in [4.78, 5) is 27.8. The molecule has 5 nitrogen and oxygen atoms in total. The average molecular weight is 372 g/mol. The van der Waals surface area contributed by atoms with E-state index in [2.05, 4.69) is 5.32 Å². The van der Waals surface area contributed by atoms with E-state index in [1.54, 1.807) is 42.3 Å². The van der Waals surface area contributed by atoms with Gasteiger partial charge < -0.3 is 15.0 Å². The zero-order valence-electron chi connectivity index (χ0n) is 15.5. The molecule has 0 aromatic heterocycles. The van der Waals surface area contributed by atoms with Crippen LogP contribution in [0.5, 0.6) is 5.75 Å². The number of hydrogen-bond donors (Lipinski definition) is 1. The van der Waals surface area contributed by atoms with Gasteiger partial charge in [0.1, 0.15) is 11.8 Å². The smallest absolute Gasteiger partial charge is 0.255 e. The van der Waals surface area contributed by atoms with Crippen LogP contribution in [-0.2, 0) is 11.3 Å². The molecule has 0 aliphatic carbocycles. The molecule has 3 aromatic rings. The summed E-state index contributed by atoms with van der Waals surface area (Å²) >= 11 is 0. The minimum Gasteiger partial charge on any atom is -0.497 e. The summed E-state index contributed by atoms with van der Waals surface area (Å²) in [6.45, 7) is 0.407. The van der Waals surface area contributed by atoms with Crippen LogP contribution >= 0.6 is 0 Å². The predicted octanol–water partition coefficient (Wildman–Crippen LogP) is 4.03. The molecule has 1 N–H and O–H groups in total. The largest absolute Gasteiger partial charge is 0.497 e. The fraction of sp³-hybridized carbons (Fsp3) is 0.130. The fourth-order valence-corrected chi connectivity index (χ4v) is 3.48. The minimum atomic E-state index is -0.719. The Balaban J connectivity index is 1.65. The molecule has 140 valence electrons. The lowest BCUT2D eigenvalue weighted by Gasteiger charge is -2.27. The van der Waals surface area contributed by atoms with Gasteiger partial charge in [0.05, 0.1) is 7.11 Å². The third-order valence-corrected chi connectivity index (χ3v) is 4.88. The van der Waals surface area contributed by atoms with E-state index in [4.69, 9.17) is 4.74 Å². The first-order valence-electron chi connectivity index (χ1n) is 9.06. The van der Waals surface area contributed by atoms with Crippen molar-refractivity contribution in [2.24, 2.45) is 0 Å². The number of nitrogens with one attached hydrogen (secondary N) is 1. The van der Waals surface area contributed by atoms with E-state index in [0.29, 0.717) is 23.5 Å². The maximum atomic E-state index is 13.2. The van der Waals surface area contributed by atoms with E-state index in [1.165, 1.54) is 0 Å². The summed E-state index contributed by atoms with van der Waals surface area (Å²) in [6.07, 6.45) is 0. The number of carbonyl (C=O) groups is 2. The number of hydrogen-bond acceptors (Lipinski definition) is 3. The number of rotatable bonds is 5. The molecule has 0 saturated heterocycles. The molecule has 2 amide bonds. The molecule has 28 heavy (non-hydrogen) atoms. The Bertz CT molecular complexity index is 1000. The van der Waals surface area contributed by atoms with Gasteiger partial charge in [-0.2, -0.15) is 0 Å². The summed E-state index contributed by atoms with van der Waals surface area (Å²) < 4.78 is 5.16. The van der Waals surface area contributed by atoms with Gasteiger partial charge in [-0.25, -0.2) is 0 Å². The molecule has 5 heteroatoms. The topological polar surface area (TPSA) is 58.6 Å². The Morgan fingerprint density at radius 1 is 0.964 bits per heavy atom. The summed E-state index contributed by atoms with van der Waals surface area (Å²) in [7, 11) is 1.59. The van der Waals surface area contributed by atoms with Crippen LogP contribution in [0.15, 0.2) is 78.9 Å². The Morgan fingerprint density at radius 3 is 2.32 bits per heavy atom. The molecule has 0 spiro atoms. The van der Waals surface area contributed by atoms with Gasteiger partial charge in [-0.3, -0.25) is 9.59 Å². The number of nitrogens with zero attached hydrogens (tertiary/aromatic N) is 1. The predicted molar refractivity (Wildman–Crippen MR) is 107 cm³/mol. The van der Waals surface area contributed by atoms with E-state index in [9.17, 15) is 9.59 Å². The van der Waals surface area contributed by atoms with Gasteiger partial charge in [-0.15, -0.1) is 0 Å². The van der Waals surface area contributed by atoms with Crippen molar-refractivity contribution in [3.8, 4) is 5.75 Å². The molecule has 1 aliphatic rings. The van der Waals surface area contributed by atoms with Crippen LogP contribution in [0.25, 0.3) is 0 Å². The number of anilines is 1. The number of carbonyl (C=O) groups excluding carboxylic acids is 2. The summed E-state index contributed by atoms with van der Waals surface area (Å²) in [6, 6.07) is 23.3. The SMILES string of the molecule is COc1ccc(NC(=O)[C@H](c2ccccc2)N2Cc3ccccc3C2=O)cc1. The van der Waals surface area contributed by atoms with Crippen molar-refractivity contribution < 1.29 is 14.3 Å². The van der Waals surface area contributed by atoms with Gasteiger partial charge in [0.15, 0.2) is 0 Å². The molecular formula is C23H20N2O3. The number of benzene rings is 3. The summed E-state index contributed by atoms with van der Waals surface area (Å²) in [5, 5.41) is 2.93. The van der Waals surface area contributed by atoms with E-state index >= 15 is 0 Å². The lowest BCUT2D eigenvalue weighted by molar-refractivity contribution is -0.120.